The highest BCUT2D eigenvalue weighted by atomic mass is 79.9. The van der Waals surface area contributed by atoms with Crippen LogP contribution in [0, 0.1) is 0 Å². The molecule has 0 aliphatic carbocycles. The first kappa shape index (κ1) is 12.0. The average molecular weight is 273 g/mol. The Bertz CT molecular complexity index is 288. The zero-order valence-electron chi connectivity index (χ0n) is 8.79. The van der Waals surface area contributed by atoms with Crippen LogP contribution < -0.4 is 0 Å². The van der Waals surface area contributed by atoms with Gasteiger partial charge >= 0.3 is 0 Å². The summed E-state index contributed by atoms with van der Waals surface area (Å²) in [5.74, 6) is 0.703. The molecule has 1 unspecified atom stereocenters. The van der Waals surface area contributed by atoms with Gasteiger partial charge in [-0.3, -0.25) is 0 Å². The highest BCUT2D eigenvalue weighted by Gasteiger charge is 2.09. The number of hydrogen-bond donors (Lipinski definition) is 0. The molecule has 14 heavy (non-hydrogen) atoms. The van der Waals surface area contributed by atoms with Gasteiger partial charge in [-0.15, -0.1) is 11.3 Å². The molecular formula is C12H17BrS. The monoisotopic (exact) mass is 272 g/mol. The molecule has 78 valence electrons. The number of halogens is 1. The van der Waals surface area contributed by atoms with Crippen LogP contribution in [0.2, 0.25) is 0 Å². The Balaban J connectivity index is 2.58. The van der Waals surface area contributed by atoms with Crippen LogP contribution in [0.5, 0.6) is 0 Å². The molecule has 1 aromatic rings. The van der Waals surface area contributed by atoms with E-state index in [2.05, 4.69) is 54.1 Å². The molecule has 0 nitrogen and oxygen atoms in total. The SMILES string of the molecule is CC/C=C\CC(CC)c1ccc(Br)s1. The first-order valence-corrected chi connectivity index (χ1v) is 6.79. The van der Waals surface area contributed by atoms with Gasteiger partial charge in [-0.2, -0.15) is 0 Å². The molecule has 0 aliphatic rings. The van der Waals surface area contributed by atoms with Crippen LogP contribution in [0.25, 0.3) is 0 Å². The first-order valence-electron chi connectivity index (χ1n) is 5.18. The van der Waals surface area contributed by atoms with E-state index in [1.54, 1.807) is 0 Å². The van der Waals surface area contributed by atoms with Crippen molar-refractivity contribution < 1.29 is 0 Å². The Morgan fingerprint density at radius 2 is 2.14 bits per heavy atom. The average Bonchev–Trinajstić information content (AvgIpc) is 2.60. The van der Waals surface area contributed by atoms with Crippen molar-refractivity contribution in [3.05, 3.63) is 32.9 Å². The zero-order chi connectivity index (χ0) is 10.4. The minimum Gasteiger partial charge on any atom is -0.133 e. The van der Waals surface area contributed by atoms with Crippen molar-refractivity contribution in [1.82, 2.24) is 0 Å². The second kappa shape index (κ2) is 6.41. The molecule has 0 N–H and O–H groups in total. The van der Waals surface area contributed by atoms with E-state index in [0.717, 1.165) is 6.42 Å². The molecule has 0 amide bonds. The summed E-state index contributed by atoms with van der Waals surface area (Å²) in [7, 11) is 0. The summed E-state index contributed by atoms with van der Waals surface area (Å²) >= 11 is 5.37. The van der Waals surface area contributed by atoms with Crippen molar-refractivity contribution in [2.24, 2.45) is 0 Å². The van der Waals surface area contributed by atoms with E-state index in [9.17, 15) is 0 Å². The molecule has 0 fully saturated rings. The van der Waals surface area contributed by atoms with E-state index < -0.39 is 0 Å². The molecular weight excluding hydrogens is 256 g/mol. The molecule has 0 radical (unpaired) electrons. The third-order valence-corrected chi connectivity index (χ3v) is 4.10. The summed E-state index contributed by atoms with van der Waals surface area (Å²) < 4.78 is 1.24. The fourth-order valence-electron chi connectivity index (χ4n) is 1.46. The van der Waals surface area contributed by atoms with Crippen molar-refractivity contribution in [3.8, 4) is 0 Å². The Morgan fingerprint density at radius 1 is 1.36 bits per heavy atom. The minimum absolute atomic E-state index is 0.703. The minimum atomic E-state index is 0.703. The van der Waals surface area contributed by atoms with Gasteiger partial charge < -0.3 is 0 Å². The predicted octanol–water partition coefficient (Wildman–Crippen LogP) is 5.36. The van der Waals surface area contributed by atoms with Gasteiger partial charge in [0.2, 0.25) is 0 Å². The van der Waals surface area contributed by atoms with Gasteiger partial charge in [-0.05, 0) is 53.2 Å². The lowest BCUT2D eigenvalue weighted by Gasteiger charge is -2.09. The maximum absolute atomic E-state index is 3.51. The standard InChI is InChI=1S/C12H17BrS/c1-3-5-6-7-10(4-2)11-8-9-12(13)14-11/h5-6,8-10H,3-4,7H2,1-2H3/b6-5-. The van der Waals surface area contributed by atoms with E-state index in [0.29, 0.717) is 5.92 Å². The molecule has 1 aromatic heterocycles. The summed E-state index contributed by atoms with van der Waals surface area (Å²) in [6.45, 7) is 4.44. The van der Waals surface area contributed by atoms with Crippen molar-refractivity contribution in [2.45, 2.75) is 39.0 Å². The lowest BCUT2D eigenvalue weighted by molar-refractivity contribution is 0.686. The van der Waals surface area contributed by atoms with Crippen LogP contribution in [-0.4, -0.2) is 0 Å². The van der Waals surface area contributed by atoms with Gasteiger partial charge in [0.05, 0.1) is 3.79 Å². The largest absolute Gasteiger partial charge is 0.133 e. The van der Waals surface area contributed by atoms with Crippen molar-refractivity contribution >= 4 is 27.3 Å². The lowest BCUT2D eigenvalue weighted by Crippen LogP contribution is -1.91. The fraction of sp³-hybridized carbons (Fsp3) is 0.500. The van der Waals surface area contributed by atoms with Crippen LogP contribution in [0.4, 0.5) is 0 Å². The Morgan fingerprint density at radius 3 is 2.64 bits per heavy atom. The van der Waals surface area contributed by atoms with Gasteiger partial charge in [0, 0.05) is 4.88 Å². The molecule has 0 aromatic carbocycles. The van der Waals surface area contributed by atoms with Gasteiger partial charge in [-0.1, -0.05) is 26.0 Å². The third kappa shape index (κ3) is 3.58. The van der Waals surface area contributed by atoms with Crippen LogP contribution >= 0.6 is 27.3 Å². The van der Waals surface area contributed by atoms with Gasteiger partial charge in [0.15, 0.2) is 0 Å². The molecule has 1 rings (SSSR count). The van der Waals surface area contributed by atoms with Gasteiger partial charge in [0.25, 0.3) is 0 Å². The maximum atomic E-state index is 3.51. The number of thiophene rings is 1. The van der Waals surface area contributed by atoms with Crippen LogP contribution in [0.15, 0.2) is 28.1 Å². The Kier molecular flexibility index (Phi) is 5.49. The van der Waals surface area contributed by atoms with Gasteiger partial charge in [0.1, 0.15) is 0 Å². The highest BCUT2D eigenvalue weighted by molar-refractivity contribution is 9.11. The Labute approximate surface area is 99.2 Å². The lowest BCUT2D eigenvalue weighted by atomic mass is 10.0. The molecule has 1 heterocycles. The topological polar surface area (TPSA) is 0 Å². The molecule has 0 spiro atoms. The van der Waals surface area contributed by atoms with Crippen LogP contribution in [-0.2, 0) is 0 Å². The van der Waals surface area contributed by atoms with Gasteiger partial charge in [-0.25, -0.2) is 0 Å². The summed E-state index contributed by atoms with van der Waals surface area (Å²) in [5, 5.41) is 0. The van der Waals surface area contributed by atoms with Crippen molar-refractivity contribution in [1.29, 1.82) is 0 Å². The van der Waals surface area contributed by atoms with E-state index in [-0.39, 0.29) is 0 Å². The summed E-state index contributed by atoms with van der Waals surface area (Å²) in [6.07, 6.45) is 8.11. The van der Waals surface area contributed by atoms with Crippen molar-refractivity contribution in [2.75, 3.05) is 0 Å². The summed E-state index contributed by atoms with van der Waals surface area (Å²) in [6, 6.07) is 4.38. The number of rotatable bonds is 5. The molecule has 0 bridgehead atoms. The molecule has 1 atom stereocenters. The molecule has 0 aliphatic heterocycles. The molecule has 0 saturated heterocycles. The molecule has 2 heteroatoms. The van der Waals surface area contributed by atoms with Crippen LogP contribution in [0.1, 0.15) is 43.9 Å². The highest BCUT2D eigenvalue weighted by Crippen LogP contribution is 2.32. The van der Waals surface area contributed by atoms with E-state index in [4.69, 9.17) is 0 Å². The van der Waals surface area contributed by atoms with E-state index in [1.807, 2.05) is 11.3 Å². The second-order valence-corrected chi connectivity index (χ2v) is 5.86. The normalized spacial score (nSPS) is 13.6. The van der Waals surface area contributed by atoms with Crippen molar-refractivity contribution in [3.63, 3.8) is 0 Å². The summed E-state index contributed by atoms with van der Waals surface area (Å²) in [4.78, 5) is 1.50. The predicted molar refractivity (Wildman–Crippen MR) is 69.1 cm³/mol. The van der Waals surface area contributed by atoms with Crippen LogP contribution in [0.3, 0.4) is 0 Å². The fourth-order valence-corrected chi connectivity index (χ4v) is 3.08. The zero-order valence-corrected chi connectivity index (χ0v) is 11.2. The van der Waals surface area contributed by atoms with E-state index in [1.165, 1.54) is 21.5 Å². The number of allylic oxidation sites excluding steroid dienone is 2. The first-order chi connectivity index (χ1) is 6.77. The van der Waals surface area contributed by atoms with E-state index >= 15 is 0 Å². The number of hydrogen-bond acceptors (Lipinski definition) is 1. The quantitative estimate of drug-likeness (QED) is 0.633. The Hall–Kier alpha value is -0.0800. The smallest absolute Gasteiger partial charge is 0.0701 e. The maximum Gasteiger partial charge on any atom is 0.0701 e. The summed E-state index contributed by atoms with van der Waals surface area (Å²) in [5.41, 5.74) is 0. The molecule has 0 saturated carbocycles. The third-order valence-electron chi connectivity index (χ3n) is 2.31. The second-order valence-electron chi connectivity index (χ2n) is 3.36.